The average Bonchev–Trinajstić information content (AvgIpc) is 2.98. The number of rotatable bonds is 4. The Hall–Kier alpha value is -1.59. The van der Waals surface area contributed by atoms with Gasteiger partial charge in [0.15, 0.2) is 0 Å². The number of benzene rings is 1. The number of likely N-dealkylation sites (tertiary alicyclic amines) is 1. The van der Waals surface area contributed by atoms with Crippen LogP contribution in [0.5, 0.6) is 0 Å². The number of piperidine rings is 1. The number of imidazole rings is 1. The molecule has 4 rings (SSSR count). The zero-order valence-corrected chi connectivity index (χ0v) is 15.0. The Labute approximate surface area is 149 Å². The minimum atomic E-state index is 0.0396. The first kappa shape index (κ1) is 16.9. The van der Waals surface area contributed by atoms with Crippen molar-refractivity contribution in [1.29, 1.82) is 0 Å². The van der Waals surface area contributed by atoms with E-state index in [4.69, 9.17) is 5.73 Å². The Bertz CT molecular complexity index is 756. The highest BCUT2D eigenvalue weighted by molar-refractivity contribution is 5.75. The number of fused-ring (bicyclic) bond motifs is 1. The van der Waals surface area contributed by atoms with Crippen LogP contribution in [0.3, 0.4) is 0 Å². The molecule has 1 saturated heterocycles. The minimum Gasteiger partial charge on any atom is -0.330 e. The van der Waals surface area contributed by atoms with Crippen molar-refractivity contribution in [1.82, 2.24) is 14.5 Å². The van der Waals surface area contributed by atoms with E-state index in [1.54, 1.807) is 0 Å². The Morgan fingerprint density at radius 1 is 1.08 bits per heavy atom. The van der Waals surface area contributed by atoms with E-state index in [9.17, 15) is 4.79 Å². The van der Waals surface area contributed by atoms with E-state index in [1.807, 2.05) is 22.8 Å². The largest absolute Gasteiger partial charge is 0.330 e. The van der Waals surface area contributed by atoms with E-state index in [1.165, 1.54) is 32.2 Å². The van der Waals surface area contributed by atoms with E-state index < -0.39 is 0 Å². The summed E-state index contributed by atoms with van der Waals surface area (Å²) >= 11 is 0. The molecule has 0 bridgehead atoms. The second kappa shape index (κ2) is 7.34. The molecule has 1 aromatic heterocycles. The topological polar surface area (TPSA) is 67.0 Å². The molecular formula is C20H30N4O. The van der Waals surface area contributed by atoms with Crippen LogP contribution in [-0.2, 0) is 0 Å². The molecule has 136 valence electrons. The lowest BCUT2D eigenvalue weighted by Crippen LogP contribution is -2.40. The molecule has 3 N–H and O–H groups in total. The predicted octanol–water partition coefficient (Wildman–Crippen LogP) is 2.73. The molecule has 0 amide bonds. The van der Waals surface area contributed by atoms with Gasteiger partial charge in [0.25, 0.3) is 0 Å². The van der Waals surface area contributed by atoms with Crippen LogP contribution in [0.1, 0.15) is 44.6 Å². The van der Waals surface area contributed by atoms with Crippen molar-refractivity contribution in [2.24, 2.45) is 17.6 Å². The molecule has 2 aliphatic rings. The van der Waals surface area contributed by atoms with Crippen molar-refractivity contribution in [3.05, 3.63) is 34.7 Å². The molecule has 2 atom stereocenters. The molecule has 2 aromatic rings. The van der Waals surface area contributed by atoms with Gasteiger partial charge in [0.05, 0.1) is 11.0 Å². The van der Waals surface area contributed by atoms with Crippen LogP contribution in [-0.4, -0.2) is 40.6 Å². The summed E-state index contributed by atoms with van der Waals surface area (Å²) < 4.78 is 1.98. The van der Waals surface area contributed by atoms with Crippen molar-refractivity contribution in [2.75, 3.05) is 26.2 Å². The van der Waals surface area contributed by atoms with Crippen LogP contribution < -0.4 is 11.4 Å². The second-order valence-electron chi connectivity index (χ2n) is 7.98. The van der Waals surface area contributed by atoms with Gasteiger partial charge in [-0.3, -0.25) is 4.57 Å². The van der Waals surface area contributed by atoms with Gasteiger partial charge < -0.3 is 15.6 Å². The molecule has 2 fully saturated rings. The fourth-order valence-corrected chi connectivity index (χ4v) is 4.94. The van der Waals surface area contributed by atoms with Gasteiger partial charge in [0.2, 0.25) is 0 Å². The summed E-state index contributed by atoms with van der Waals surface area (Å²) in [6.45, 7) is 4.26. The smallest absolute Gasteiger partial charge is 0.326 e. The maximum Gasteiger partial charge on any atom is 0.326 e. The van der Waals surface area contributed by atoms with E-state index >= 15 is 0 Å². The summed E-state index contributed by atoms with van der Waals surface area (Å²) in [4.78, 5) is 18.0. The number of nitrogens with one attached hydrogen (secondary N) is 1. The SMILES string of the molecule is NCC1CCCC(CN2CCC(n3c(=O)[nH]c4ccccc43)CC2)C1. The summed E-state index contributed by atoms with van der Waals surface area (Å²) in [5.41, 5.74) is 7.92. The lowest BCUT2D eigenvalue weighted by Gasteiger charge is -2.37. The first-order valence-corrected chi connectivity index (χ1v) is 9.86. The van der Waals surface area contributed by atoms with E-state index in [-0.39, 0.29) is 5.69 Å². The highest BCUT2D eigenvalue weighted by Gasteiger charge is 2.27. The third kappa shape index (κ3) is 3.53. The van der Waals surface area contributed by atoms with Crippen molar-refractivity contribution >= 4 is 11.0 Å². The second-order valence-corrected chi connectivity index (χ2v) is 7.98. The van der Waals surface area contributed by atoms with Gasteiger partial charge >= 0.3 is 5.69 Å². The number of aromatic amines is 1. The van der Waals surface area contributed by atoms with Crippen molar-refractivity contribution in [3.8, 4) is 0 Å². The first-order chi connectivity index (χ1) is 12.2. The number of aromatic nitrogens is 2. The van der Waals surface area contributed by atoms with Crippen LogP contribution in [0.4, 0.5) is 0 Å². The quantitative estimate of drug-likeness (QED) is 0.898. The van der Waals surface area contributed by atoms with Gasteiger partial charge in [-0.05, 0) is 62.6 Å². The summed E-state index contributed by atoms with van der Waals surface area (Å²) in [5.74, 6) is 1.55. The van der Waals surface area contributed by atoms with Crippen LogP contribution in [0.2, 0.25) is 0 Å². The Kier molecular flexibility index (Phi) is 4.95. The van der Waals surface area contributed by atoms with E-state index in [0.29, 0.717) is 6.04 Å². The summed E-state index contributed by atoms with van der Waals surface area (Å²) in [5, 5.41) is 0. The molecule has 2 heterocycles. The zero-order chi connectivity index (χ0) is 17.2. The molecule has 1 aromatic carbocycles. The predicted molar refractivity (Wildman–Crippen MR) is 102 cm³/mol. The highest BCUT2D eigenvalue weighted by atomic mass is 16.1. The number of nitrogens with zero attached hydrogens (tertiary/aromatic N) is 2. The molecular weight excluding hydrogens is 312 g/mol. The third-order valence-corrected chi connectivity index (χ3v) is 6.29. The lowest BCUT2D eigenvalue weighted by molar-refractivity contribution is 0.135. The van der Waals surface area contributed by atoms with Gasteiger partial charge in [-0.1, -0.05) is 18.6 Å². The molecule has 0 spiro atoms. The number of para-hydroxylation sites is 2. The summed E-state index contributed by atoms with van der Waals surface area (Å²) in [7, 11) is 0. The fraction of sp³-hybridized carbons (Fsp3) is 0.650. The van der Waals surface area contributed by atoms with Gasteiger partial charge in [0.1, 0.15) is 0 Å². The molecule has 1 aliphatic carbocycles. The number of nitrogens with two attached hydrogens (primary N) is 1. The monoisotopic (exact) mass is 342 g/mol. The summed E-state index contributed by atoms with van der Waals surface area (Å²) in [6, 6.07) is 8.35. The minimum absolute atomic E-state index is 0.0396. The van der Waals surface area contributed by atoms with Crippen LogP contribution in [0.25, 0.3) is 11.0 Å². The number of hydrogen-bond acceptors (Lipinski definition) is 3. The van der Waals surface area contributed by atoms with Crippen molar-refractivity contribution in [2.45, 2.75) is 44.6 Å². The van der Waals surface area contributed by atoms with Crippen molar-refractivity contribution in [3.63, 3.8) is 0 Å². The first-order valence-electron chi connectivity index (χ1n) is 9.86. The molecule has 1 aliphatic heterocycles. The van der Waals surface area contributed by atoms with Crippen LogP contribution in [0.15, 0.2) is 29.1 Å². The fourth-order valence-electron chi connectivity index (χ4n) is 4.94. The third-order valence-electron chi connectivity index (χ3n) is 6.29. The molecule has 5 nitrogen and oxygen atoms in total. The Morgan fingerprint density at radius 3 is 2.64 bits per heavy atom. The Balaban J connectivity index is 1.38. The molecule has 0 radical (unpaired) electrons. The average molecular weight is 342 g/mol. The standard InChI is InChI=1S/C20H30N4O/c21-13-15-4-3-5-16(12-15)14-23-10-8-17(9-11-23)24-19-7-2-1-6-18(19)22-20(24)25/h1-2,6-7,15-17H,3-5,8-14,21H2,(H,22,25). The van der Waals surface area contributed by atoms with Gasteiger partial charge in [-0.25, -0.2) is 4.79 Å². The van der Waals surface area contributed by atoms with Crippen molar-refractivity contribution < 1.29 is 0 Å². The highest BCUT2D eigenvalue weighted by Crippen LogP contribution is 2.31. The maximum absolute atomic E-state index is 12.4. The molecule has 1 saturated carbocycles. The number of hydrogen-bond donors (Lipinski definition) is 2. The van der Waals surface area contributed by atoms with E-state index in [0.717, 1.165) is 55.3 Å². The van der Waals surface area contributed by atoms with Crippen LogP contribution in [0, 0.1) is 11.8 Å². The molecule has 2 unspecified atom stereocenters. The molecule has 25 heavy (non-hydrogen) atoms. The van der Waals surface area contributed by atoms with Gasteiger partial charge in [-0.2, -0.15) is 0 Å². The zero-order valence-electron chi connectivity index (χ0n) is 15.0. The van der Waals surface area contributed by atoms with Gasteiger partial charge in [0, 0.05) is 25.7 Å². The normalized spacial score (nSPS) is 26.3. The van der Waals surface area contributed by atoms with E-state index in [2.05, 4.69) is 16.0 Å². The Morgan fingerprint density at radius 2 is 1.84 bits per heavy atom. The maximum atomic E-state index is 12.4. The van der Waals surface area contributed by atoms with Gasteiger partial charge in [-0.15, -0.1) is 0 Å². The summed E-state index contributed by atoms with van der Waals surface area (Å²) in [6.07, 6.45) is 7.45. The molecule has 5 heteroatoms. The lowest BCUT2D eigenvalue weighted by atomic mass is 9.81. The van der Waals surface area contributed by atoms with Crippen LogP contribution >= 0.6 is 0 Å². The number of H-pyrrole nitrogens is 1.